The van der Waals surface area contributed by atoms with Crippen LogP contribution >= 0.6 is 0 Å². The molecular formula is C2HCsN3. The summed E-state index contributed by atoms with van der Waals surface area (Å²) < 4.78 is 0. The fraction of sp³-hybridized carbons (Fsp3) is 0. The minimum Gasteiger partial charge on any atom is -0.229 e. The minimum atomic E-state index is 0. The predicted octanol–water partition coefficient (Wildman–Crippen LogP) is -0.843. The molecule has 0 amide bonds. The van der Waals surface area contributed by atoms with Crippen LogP contribution in [0.4, 0.5) is 0 Å². The first-order valence-electron chi connectivity index (χ1n) is 0.947. The first-order valence-corrected chi connectivity index (χ1v) is 0.947. The van der Waals surface area contributed by atoms with Gasteiger partial charge < -0.3 is 0 Å². The second-order valence-electron chi connectivity index (χ2n) is 0.349. The van der Waals surface area contributed by atoms with E-state index in [2.05, 4.69) is 0 Å². The second kappa shape index (κ2) is 9.27. The zero-order valence-electron chi connectivity index (χ0n) is 3.39. The Morgan fingerprint density at radius 3 is 1.50 bits per heavy atom. The van der Waals surface area contributed by atoms with E-state index in [0.717, 1.165) is 0 Å². The zero-order chi connectivity index (χ0) is 4.12. The Bertz CT molecular complexity index is 73.9. The predicted molar refractivity (Wildman–Crippen MR) is 20.1 cm³/mol. The van der Waals surface area contributed by atoms with Gasteiger partial charge in [-0.25, -0.2) is 5.32 Å². The van der Waals surface area contributed by atoms with E-state index >= 15 is 0 Å². The Morgan fingerprint density at radius 1 is 1.17 bits per heavy atom. The molecule has 0 aromatic rings. The third kappa shape index (κ3) is 8.85. The summed E-state index contributed by atoms with van der Waals surface area (Å²) in [6.07, 6.45) is 2.81. The summed E-state index contributed by atoms with van der Waals surface area (Å²) in [4.78, 5) is 0. The molecule has 0 aromatic heterocycles. The Balaban J connectivity index is 0. The number of hydrogen-bond acceptors (Lipinski definition) is 3. The van der Waals surface area contributed by atoms with E-state index in [0.29, 0.717) is 0 Å². The molecule has 0 rings (SSSR count). The first-order chi connectivity index (χ1) is 2.41. The summed E-state index contributed by atoms with van der Waals surface area (Å²) in [5.74, 6) is 0. The molecule has 6 heavy (non-hydrogen) atoms. The summed E-state index contributed by atoms with van der Waals surface area (Å²) in [6, 6.07) is 0. The van der Waals surface area contributed by atoms with Gasteiger partial charge in [-0.05, 0) is 0 Å². The number of rotatable bonds is 0. The van der Waals surface area contributed by atoms with Gasteiger partial charge in [0.05, 0.1) is 0 Å². The second-order valence-corrected chi connectivity index (χ2v) is 0.349. The molecule has 0 saturated carbocycles. The van der Waals surface area contributed by atoms with Crippen molar-refractivity contribution in [1.29, 1.82) is 10.5 Å². The smallest absolute Gasteiger partial charge is 0.190 e. The number of nitrogens with zero attached hydrogens (tertiary/aromatic N) is 2. The van der Waals surface area contributed by atoms with Crippen LogP contribution in [-0.4, -0.2) is 68.9 Å². The summed E-state index contributed by atoms with van der Waals surface area (Å²) in [7, 11) is 0. The van der Waals surface area contributed by atoms with Crippen LogP contribution in [0.5, 0.6) is 0 Å². The fourth-order valence-electron chi connectivity index (χ4n) is 0.0250. The molecule has 25 valence electrons. The average molecular weight is 200 g/mol. The maximum absolute atomic E-state index is 7.48. The largest absolute Gasteiger partial charge is 0.229 e. The van der Waals surface area contributed by atoms with Gasteiger partial charge in [0, 0.05) is 68.9 Å². The van der Waals surface area contributed by atoms with Gasteiger partial charge in [0.1, 0.15) is 0 Å². The maximum Gasteiger partial charge on any atom is 0.190 e. The van der Waals surface area contributed by atoms with Gasteiger partial charge in [0.25, 0.3) is 0 Å². The SMILES string of the molecule is N#CNC#N.[Cs]. The minimum absolute atomic E-state index is 0. The van der Waals surface area contributed by atoms with Crippen LogP contribution in [0.2, 0.25) is 0 Å². The molecule has 3 nitrogen and oxygen atoms in total. The standard InChI is InChI=1S/C2HN3.Cs/c3-1-5-2-4;/h5H;. The first kappa shape index (κ1) is 9.95. The fourth-order valence-corrected chi connectivity index (χ4v) is 0.0250. The van der Waals surface area contributed by atoms with Crippen molar-refractivity contribution in [2.45, 2.75) is 0 Å². The van der Waals surface area contributed by atoms with Crippen molar-refractivity contribution in [3.8, 4) is 12.4 Å². The van der Waals surface area contributed by atoms with E-state index in [4.69, 9.17) is 10.5 Å². The normalized spacial score (nSPS) is 3.00. The third-order valence-electron chi connectivity index (χ3n) is 0.112. The number of nitrogens with one attached hydrogen (secondary N) is 1. The third-order valence-corrected chi connectivity index (χ3v) is 0.112. The molecule has 0 heterocycles. The Morgan fingerprint density at radius 2 is 1.50 bits per heavy atom. The van der Waals surface area contributed by atoms with Crippen molar-refractivity contribution in [3.63, 3.8) is 0 Å². The van der Waals surface area contributed by atoms with Crippen LogP contribution in [0.3, 0.4) is 0 Å². The molecular weight excluding hydrogens is 199 g/mol. The maximum atomic E-state index is 7.48. The van der Waals surface area contributed by atoms with Gasteiger partial charge in [0.15, 0.2) is 12.4 Å². The molecule has 4 heteroatoms. The average Bonchev–Trinajstić information content (AvgIpc) is 1.41. The van der Waals surface area contributed by atoms with Crippen molar-refractivity contribution in [3.05, 3.63) is 0 Å². The summed E-state index contributed by atoms with van der Waals surface area (Å²) >= 11 is 0. The Labute approximate surface area is 94.7 Å². The van der Waals surface area contributed by atoms with Gasteiger partial charge in [-0.15, -0.1) is 0 Å². The monoisotopic (exact) mass is 200 g/mol. The van der Waals surface area contributed by atoms with Crippen molar-refractivity contribution in [2.75, 3.05) is 0 Å². The van der Waals surface area contributed by atoms with Gasteiger partial charge >= 0.3 is 0 Å². The molecule has 0 bridgehead atoms. The zero-order valence-corrected chi connectivity index (χ0v) is 9.67. The Hall–Kier alpha value is 0.832. The van der Waals surface area contributed by atoms with Crippen molar-refractivity contribution >= 4 is 68.9 Å². The summed E-state index contributed by atoms with van der Waals surface area (Å²) in [5.41, 5.74) is 0. The van der Waals surface area contributed by atoms with E-state index in [1.807, 2.05) is 0 Å². The quantitative estimate of drug-likeness (QED) is 0.409. The number of nitriles is 2. The molecule has 0 aliphatic rings. The van der Waals surface area contributed by atoms with Gasteiger partial charge in [-0.3, -0.25) is 0 Å². The molecule has 0 aliphatic heterocycles. The van der Waals surface area contributed by atoms with Gasteiger partial charge in [-0.2, -0.15) is 10.5 Å². The van der Waals surface area contributed by atoms with Crippen LogP contribution in [-0.2, 0) is 0 Å². The van der Waals surface area contributed by atoms with E-state index in [1.165, 1.54) is 12.4 Å². The van der Waals surface area contributed by atoms with Crippen LogP contribution < -0.4 is 5.32 Å². The molecule has 0 spiro atoms. The molecule has 0 atom stereocenters. The van der Waals surface area contributed by atoms with Gasteiger partial charge in [-0.1, -0.05) is 0 Å². The molecule has 1 radical (unpaired) electrons. The molecule has 0 saturated heterocycles. The van der Waals surface area contributed by atoms with Crippen LogP contribution in [0.15, 0.2) is 0 Å². The molecule has 0 aromatic carbocycles. The summed E-state index contributed by atoms with van der Waals surface area (Å²) in [6.45, 7) is 0. The van der Waals surface area contributed by atoms with Gasteiger partial charge in [0.2, 0.25) is 0 Å². The Kier molecular flexibility index (Phi) is 15.4. The summed E-state index contributed by atoms with van der Waals surface area (Å²) in [5, 5.41) is 16.7. The van der Waals surface area contributed by atoms with Crippen molar-refractivity contribution in [1.82, 2.24) is 5.32 Å². The van der Waals surface area contributed by atoms with Crippen molar-refractivity contribution < 1.29 is 0 Å². The topological polar surface area (TPSA) is 59.6 Å². The molecule has 0 aliphatic carbocycles. The van der Waals surface area contributed by atoms with E-state index in [-0.39, 0.29) is 68.9 Å². The van der Waals surface area contributed by atoms with Crippen molar-refractivity contribution in [2.24, 2.45) is 0 Å². The van der Waals surface area contributed by atoms with E-state index < -0.39 is 0 Å². The van der Waals surface area contributed by atoms with E-state index in [1.54, 1.807) is 5.32 Å². The van der Waals surface area contributed by atoms with Crippen LogP contribution in [0.25, 0.3) is 0 Å². The van der Waals surface area contributed by atoms with Crippen LogP contribution in [0.1, 0.15) is 0 Å². The molecule has 0 unspecified atom stereocenters. The number of hydrogen-bond donors (Lipinski definition) is 1. The molecule has 1 N–H and O–H groups in total. The van der Waals surface area contributed by atoms with E-state index in [9.17, 15) is 0 Å². The molecule has 0 fully saturated rings. The van der Waals surface area contributed by atoms with Crippen LogP contribution in [0, 0.1) is 22.9 Å².